The Morgan fingerprint density at radius 1 is 1.44 bits per heavy atom. The van der Waals surface area contributed by atoms with Crippen molar-refractivity contribution in [2.45, 2.75) is 39.2 Å². The number of allylic oxidation sites excluding steroid dienone is 1. The largest absolute Gasteiger partial charge is 0.366 e. The van der Waals surface area contributed by atoms with Gasteiger partial charge in [-0.25, -0.2) is 4.39 Å². The summed E-state index contributed by atoms with van der Waals surface area (Å²) in [7, 11) is 0. The molecule has 2 aromatic rings. The standard InChI is InChI=1S/C20H19ClFN3O2/c1-3-5-15(26)25-12-7-4-6-11(8-12)16-14(22)9-13(20(23)27)19-17(16)18(21)10(2)24-19/h8-9,12,24H,4,6-7H2,1-2H3,(H2,23,27)(H,25,26)/t12-/m0/s1. The second-order valence-corrected chi connectivity index (χ2v) is 6.88. The van der Waals surface area contributed by atoms with Crippen molar-refractivity contribution in [1.29, 1.82) is 0 Å². The van der Waals surface area contributed by atoms with E-state index in [1.807, 2.05) is 6.08 Å². The number of carbonyl (C=O) groups is 2. The summed E-state index contributed by atoms with van der Waals surface area (Å²) in [4.78, 5) is 26.5. The number of benzene rings is 1. The third-order valence-electron chi connectivity index (χ3n) is 4.65. The highest BCUT2D eigenvalue weighted by atomic mass is 35.5. The summed E-state index contributed by atoms with van der Waals surface area (Å²) in [5.41, 5.74) is 7.57. The second kappa shape index (κ2) is 7.45. The summed E-state index contributed by atoms with van der Waals surface area (Å²) in [6.07, 6.45) is 3.98. The molecule has 0 saturated heterocycles. The molecule has 7 heteroatoms. The molecular formula is C20H19ClFN3O2. The van der Waals surface area contributed by atoms with E-state index in [1.54, 1.807) is 13.8 Å². The molecule has 0 radical (unpaired) electrons. The zero-order valence-corrected chi connectivity index (χ0v) is 15.8. The molecule has 5 nitrogen and oxygen atoms in total. The lowest BCUT2D eigenvalue weighted by atomic mass is 9.88. The first kappa shape index (κ1) is 19.0. The fourth-order valence-corrected chi connectivity index (χ4v) is 3.74. The zero-order chi connectivity index (χ0) is 19.7. The average molecular weight is 388 g/mol. The van der Waals surface area contributed by atoms with Crippen molar-refractivity contribution in [2.24, 2.45) is 5.73 Å². The summed E-state index contributed by atoms with van der Waals surface area (Å²) in [5, 5.41) is 3.60. The van der Waals surface area contributed by atoms with E-state index in [9.17, 15) is 14.0 Å². The van der Waals surface area contributed by atoms with Crippen molar-refractivity contribution in [1.82, 2.24) is 10.3 Å². The van der Waals surface area contributed by atoms with Crippen molar-refractivity contribution in [3.63, 3.8) is 0 Å². The van der Waals surface area contributed by atoms with Gasteiger partial charge in [0.1, 0.15) is 5.82 Å². The molecule has 27 heavy (non-hydrogen) atoms. The molecule has 0 saturated carbocycles. The minimum absolute atomic E-state index is 0.0562. The lowest BCUT2D eigenvalue weighted by Crippen LogP contribution is -2.33. The van der Waals surface area contributed by atoms with Crippen molar-refractivity contribution < 1.29 is 14.0 Å². The molecule has 0 bridgehead atoms. The van der Waals surface area contributed by atoms with E-state index in [2.05, 4.69) is 22.1 Å². The Balaban J connectivity index is 2.16. The molecular weight excluding hydrogens is 369 g/mol. The number of nitrogens with one attached hydrogen (secondary N) is 2. The maximum atomic E-state index is 15.0. The van der Waals surface area contributed by atoms with Crippen LogP contribution in [0, 0.1) is 24.6 Å². The Morgan fingerprint density at radius 2 is 2.19 bits per heavy atom. The van der Waals surface area contributed by atoms with E-state index >= 15 is 0 Å². The van der Waals surface area contributed by atoms with Crippen LogP contribution >= 0.6 is 11.6 Å². The number of hydrogen-bond acceptors (Lipinski definition) is 2. The SMILES string of the molecule is CC#CC(=O)N[C@@H]1C=C(c2c(F)cc(C(N)=O)c3[nH]c(C)c(Cl)c23)CCC1. The van der Waals surface area contributed by atoms with Crippen LogP contribution in [0.3, 0.4) is 0 Å². The number of primary amides is 1. The topological polar surface area (TPSA) is 88.0 Å². The van der Waals surface area contributed by atoms with Crippen molar-refractivity contribution in [3.8, 4) is 11.8 Å². The van der Waals surface area contributed by atoms with Crippen LogP contribution in [-0.4, -0.2) is 22.8 Å². The van der Waals surface area contributed by atoms with Gasteiger partial charge in [-0.2, -0.15) is 0 Å². The van der Waals surface area contributed by atoms with Gasteiger partial charge in [-0.05, 0) is 50.7 Å². The van der Waals surface area contributed by atoms with Gasteiger partial charge in [-0.3, -0.25) is 9.59 Å². The Bertz CT molecular complexity index is 1040. The van der Waals surface area contributed by atoms with Crippen molar-refractivity contribution in [2.75, 3.05) is 0 Å². The minimum atomic E-state index is -0.732. The monoisotopic (exact) mass is 387 g/mol. The van der Waals surface area contributed by atoms with E-state index in [1.165, 1.54) is 0 Å². The molecule has 1 aromatic heterocycles. The van der Waals surface area contributed by atoms with Gasteiger partial charge in [0.15, 0.2) is 0 Å². The van der Waals surface area contributed by atoms with Crippen molar-refractivity contribution in [3.05, 3.63) is 39.8 Å². The summed E-state index contributed by atoms with van der Waals surface area (Å²) in [6.45, 7) is 3.33. The molecule has 0 spiro atoms. The first-order chi connectivity index (χ1) is 12.8. The fraction of sp³-hybridized carbons (Fsp3) is 0.300. The highest BCUT2D eigenvalue weighted by Crippen LogP contribution is 2.40. The van der Waals surface area contributed by atoms with Gasteiger partial charge in [0.2, 0.25) is 0 Å². The van der Waals surface area contributed by atoms with E-state index < -0.39 is 11.7 Å². The fourth-order valence-electron chi connectivity index (χ4n) is 3.50. The summed E-state index contributed by atoms with van der Waals surface area (Å²) >= 11 is 6.41. The predicted octanol–water partition coefficient (Wildman–Crippen LogP) is 3.44. The number of carbonyl (C=O) groups excluding carboxylic acids is 2. The van der Waals surface area contributed by atoms with Gasteiger partial charge >= 0.3 is 0 Å². The van der Waals surface area contributed by atoms with E-state index in [4.69, 9.17) is 17.3 Å². The number of amides is 2. The average Bonchev–Trinajstić information content (AvgIpc) is 2.90. The van der Waals surface area contributed by atoms with E-state index in [-0.39, 0.29) is 17.5 Å². The second-order valence-electron chi connectivity index (χ2n) is 6.50. The van der Waals surface area contributed by atoms with Gasteiger partial charge in [-0.15, -0.1) is 0 Å². The number of aromatic nitrogens is 1. The third kappa shape index (κ3) is 3.56. The first-order valence-electron chi connectivity index (χ1n) is 8.57. The third-order valence-corrected chi connectivity index (χ3v) is 5.12. The molecule has 1 aliphatic rings. The van der Waals surface area contributed by atoms with Crippen LogP contribution < -0.4 is 11.1 Å². The lowest BCUT2D eigenvalue weighted by Gasteiger charge is -2.22. The Hall–Kier alpha value is -2.78. The predicted molar refractivity (Wildman–Crippen MR) is 104 cm³/mol. The molecule has 3 rings (SSSR count). The Morgan fingerprint density at radius 3 is 2.85 bits per heavy atom. The molecule has 1 aliphatic carbocycles. The van der Waals surface area contributed by atoms with Crippen LogP contribution in [0.4, 0.5) is 4.39 Å². The quantitative estimate of drug-likeness (QED) is 0.704. The van der Waals surface area contributed by atoms with Crippen LogP contribution in [0.15, 0.2) is 12.1 Å². The smallest absolute Gasteiger partial charge is 0.296 e. The number of nitrogens with two attached hydrogens (primary N) is 1. The Labute approximate surface area is 161 Å². The molecule has 1 aromatic carbocycles. The highest BCUT2D eigenvalue weighted by Gasteiger charge is 2.25. The number of fused-ring (bicyclic) bond motifs is 1. The highest BCUT2D eigenvalue weighted by molar-refractivity contribution is 6.37. The van der Waals surface area contributed by atoms with E-state index in [0.29, 0.717) is 33.6 Å². The number of H-pyrrole nitrogens is 1. The number of aryl methyl sites for hydroxylation is 1. The van der Waals surface area contributed by atoms with Gasteiger partial charge in [0, 0.05) is 22.7 Å². The van der Waals surface area contributed by atoms with Gasteiger partial charge in [0.05, 0.1) is 16.1 Å². The molecule has 140 valence electrons. The summed E-state index contributed by atoms with van der Waals surface area (Å²) in [5.74, 6) is 3.32. The van der Waals surface area contributed by atoms with Crippen LogP contribution in [0.2, 0.25) is 5.02 Å². The maximum absolute atomic E-state index is 15.0. The first-order valence-corrected chi connectivity index (χ1v) is 8.95. The van der Waals surface area contributed by atoms with Crippen LogP contribution in [0.25, 0.3) is 16.5 Å². The van der Waals surface area contributed by atoms with Gasteiger partial charge < -0.3 is 16.0 Å². The van der Waals surface area contributed by atoms with Crippen LogP contribution in [-0.2, 0) is 4.79 Å². The van der Waals surface area contributed by atoms with Crippen LogP contribution in [0.1, 0.15) is 47.8 Å². The molecule has 0 aliphatic heterocycles. The minimum Gasteiger partial charge on any atom is -0.366 e. The normalized spacial score (nSPS) is 16.4. The number of rotatable bonds is 3. The molecule has 4 N–H and O–H groups in total. The van der Waals surface area contributed by atoms with Gasteiger partial charge in [0.25, 0.3) is 11.8 Å². The maximum Gasteiger partial charge on any atom is 0.296 e. The van der Waals surface area contributed by atoms with Crippen LogP contribution in [0.5, 0.6) is 0 Å². The number of aromatic amines is 1. The van der Waals surface area contributed by atoms with Gasteiger partial charge in [-0.1, -0.05) is 23.6 Å². The molecule has 1 atom stereocenters. The number of hydrogen-bond donors (Lipinski definition) is 3. The summed E-state index contributed by atoms with van der Waals surface area (Å²) < 4.78 is 15.0. The Kier molecular flexibility index (Phi) is 5.24. The zero-order valence-electron chi connectivity index (χ0n) is 15.0. The molecule has 2 amide bonds. The lowest BCUT2D eigenvalue weighted by molar-refractivity contribution is -0.116. The number of halogens is 2. The summed E-state index contributed by atoms with van der Waals surface area (Å²) in [6, 6.07) is 0.892. The molecule has 1 heterocycles. The van der Waals surface area contributed by atoms with Crippen molar-refractivity contribution >= 4 is 39.9 Å². The van der Waals surface area contributed by atoms with E-state index in [0.717, 1.165) is 24.5 Å². The molecule has 0 unspecified atom stereocenters. The molecule has 0 fully saturated rings.